The molecule has 1 heterocycles. The maximum absolute atomic E-state index is 12.1. The average molecular weight is 308 g/mol. The Hall–Kier alpha value is -1.92. The van der Waals surface area contributed by atoms with Crippen molar-refractivity contribution in [2.75, 3.05) is 26.4 Å². The van der Waals surface area contributed by atoms with Crippen LogP contribution < -0.4 is 0 Å². The van der Waals surface area contributed by atoms with Crippen LogP contribution in [-0.4, -0.2) is 38.4 Å². The van der Waals surface area contributed by atoms with Crippen LogP contribution in [0.2, 0.25) is 0 Å². The molecule has 0 N–H and O–H groups in total. The van der Waals surface area contributed by atoms with Crippen molar-refractivity contribution in [1.82, 2.24) is 0 Å². The number of ether oxygens (including phenoxy) is 4. The van der Waals surface area contributed by atoms with Gasteiger partial charge in [-0.25, -0.2) is 0 Å². The van der Waals surface area contributed by atoms with E-state index in [0.717, 1.165) is 5.56 Å². The summed E-state index contributed by atoms with van der Waals surface area (Å²) < 4.78 is 20.8. The van der Waals surface area contributed by atoms with E-state index in [1.165, 1.54) is 0 Å². The molecule has 1 aliphatic heterocycles. The molecule has 6 heteroatoms. The lowest BCUT2D eigenvalue weighted by Crippen LogP contribution is -2.26. The molecule has 0 aliphatic carbocycles. The normalized spacial score (nSPS) is 15.0. The SMILES string of the molecule is CCOC(=O)C(C(=O)OCC)c1cccc(C2OCCO2)c1. The van der Waals surface area contributed by atoms with Gasteiger partial charge >= 0.3 is 11.9 Å². The third-order valence-electron chi connectivity index (χ3n) is 3.18. The number of benzene rings is 1. The van der Waals surface area contributed by atoms with Gasteiger partial charge in [0.05, 0.1) is 26.4 Å². The molecule has 0 unspecified atom stereocenters. The molecule has 1 aromatic carbocycles. The van der Waals surface area contributed by atoms with Crippen LogP contribution in [0, 0.1) is 0 Å². The molecule has 22 heavy (non-hydrogen) atoms. The molecule has 0 atom stereocenters. The summed E-state index contributed by atoms with van der Waals surface area (Å²) in [5, 5.41) is 0. The van der Waals surface area contributed by atoms with Crippen LogP contribution >= 0.6 is 0 Å². The highest BCUT2D eigenvalue weighted by Gasteiger charge is 2.32. The highest BCUT2D eigenvalue weighted by atomic mass is 16.7. The zero-order valence-corrected chi connectivity index (χ0v) is 12.7. The monoisotopic (exact) mass is 308 g/mol. The zero-order chi connectivity index (χ0) is 15.9. The van der Waals surface area contributed by atoms with E-state index in [9.17, 15) is 9.59 Å². The van der Waals surface area contributed by atoms with Crippen molar-refractivity contribution in [3.63, 3.8) is 0 Å². The largest absolute Gasteiger partial charge is 0.465 e. The standard InChI is InChI=1S/C16H20O6/c1-3-19-14(17)13(15(18)20-4-2)11-6-5-7-12(10-11)16-21-8-9-22-16/h5-7,10,13,16H,3-4,8-9H2,1-2H3. The van der Waals surface area contributed by atoms with Crippen molar-refractivity contribution in [1.29, 1.82) is 0 Å². The van der Waals surface area contributed by atoms with Gasteiger partial charge < -0.3 is 18.9 Å². The maximum Gasteiger partial charge on any atom is 0.324 e. The van der Waals surface area contributed by atoms with Crippen molar-refractivity contribution in [3.8, 4) is 0 Å². The van der Waals surface area contributed by atoms with E-state index in [-0.39, 0.29) is 13.2 Å². The molecular weight excluding hydrogens is 288 g/mol. The minimum absolute atomic E-state index is 0.198. The molecule has 2 rings (SSSR count). The lowest BCUT2D eigenvalue weighted by molar-refractivity contribution is -0.156. The number of esters is 2. The second-order valence-electron chi connectivity index (χ2n) is 4.68. The zero-order valence-electron chi connectivity index (χ0n) is 12.7. The molecule has 1 saturated heterocycles. The number of carbonyl (C=O) groups is 2. The summed E-state index contributed by atoms with van der Waals surface area (Å²) in [6.07, 6.45) is -0.468. The van der Waals surface area contributed by atoms with Crippen LogP contribution in [0.4, 0.5) is 0 Å². The summed E-state index contributed by atoms with van der Waals surface area (Å²) in [6, 6.07) is 6.99. The van der Waals surface area contributed by atoms with E-state index in [4.69, 9.17) is 18.9 Å². The Labute approximate surface area is 129 Å². The lowest BCUT2D eigenvalue weighted by atomic mass is 9.97. The van der Waals surface area contributed by atoms with E-state index in [2.05, 4.69) is 0 Å². The van der Waals surface area contributed by atoms with Gasteiger partial charge in [0.15, 0.2) is 12.2 Å². The van der Waals surface area contributed by atoms with Gasteiger partial charge in [0.25, 0.3) is 0 Å². The first-order valence-electron chi connectivity index (χ1n) is 7.33. The van der Waals surface area contributed by atoms with Gasteiger partial charge in [-0.2, -0.15) is 0 Å². The van der Waals surface area contributed by atoms with Gasteiger partial charge in [0, 0.05) is 5.56 Å². The van der Waals surface area contributed by atoms with E-state index >= 15 is 0 Å². The minimum Gasteiger partial charge on any atom is -0.465 e. The summed E-state index contributed by atoms with van der Waals surface area (Å²) in [4.78, 5) is 24.2. The Morgan fingerprint density at radius 2 is 1.73 bits per heavy atom. The molecule has 0 spiro atoms. The van der Waals surface area contributed by atoms with Crippen LogP contribution in [-0.2, 0) is 28.5 Å². The highest BCUT2D eigenvalue weighted by molar-refractivity contribution is 6.00. The Morgan fingerprint density at radius 3 is 2.27 bits per heavy atom. The van der Waals surface area contributed by atoms with Gasteiger partial charge in [0.2, 0.25) is 0 Å². The molecule has 0 amide bonds. The Balaban J connectivity index is 2.27. The fraction of sp³-hybridized carbons (Fsp3) is 0.500. The minimum atomic E-state index is -1.10. The first kappa shape index (κ1) is 16.5. The summed E-state index contributed by atoms with van der Waals surface area (Å²) in [5.41, 5.74) is 1.27. The number of hydrogen-bond donors (Lipinski definition) is 0. The van der Waals surface area contributed by atoms with Gasteiger partial charge in [-0.15, -0.1) is 0 Å². The van der Waals surface area contributed by atoms with E-state index < -0.39 is 24.1 Å². The molecule has 1 aromatic rings. The molecule has 1 aliphatic rings. The Bertz CT molecular complexity index is 503. The molecule has 0 bridgehead atoms. The summed E-state index contributed by atoms with van der Waals surface area (Å²) in [5.74, 6) is -2.33. The average Bonchev–Trinajstić information content (AvgIpc) is 3.02. The highest BCUT2D eigenvalue weighted by Crippen LogP contribution is 2.27. The third-order valence-corrected chi connectivity index (χ3v) is 3.18. The first-order valence-corrected chi connectivity index (χ1v) is 7.33. The number of carbonyl (C=O) groups excluding carboxylic acids is 2. The van der Waals surface area contributed by atoms with E-state index in [1.807, 2.05) is 6.07 Å². The maximum atomic E-state index is 12.1. The molecule has 120 valence electrons. The summed E-state index contributed by atoms with van der Waals surface area (Å²) in [7, 11) is 0. The number of rotatable bonds is 6. The van der Waals surface area contributed by atoms with Gasteiger partial charge in [-0.05, 0) is 25.5 Å². The molecular formula is C16H20O6. The second kappa shape index (κ2) is 7.91. The van der Waals surface area contributed by atoms with E-state index in [0.29, 0.717) is 18.8 Å². The van der Waals surface area contributed by atoms with Gasteiger partial charge in [0.1, 0.15) is 0 Å². The molecule has 0 saturated carbocycles. The van der Waals surface area contributed by atoms with E-state index in [1.54, 1.807) is 32.0 Å². The first-order chi connectivity index (χ1) is 10.7. The van der Waals surface area contributed by atoms with Crippen molar-refractivity contribution < 1.29 is 28.5 Å². The topological polar surface area (TPSA) is 71.1 Å². The van der Waals surface area contributed by atoms with Crippen LogP contribution in [0.1, 0.15) is 37.2 Å². The molecule has 0 radical (unpaired) electrons. The van der Waals surface area contributed by atoms with Crippen LogP contribution in [0.15, 0.2) is 24.3 Å². The molecule has 0 aromatic heterocycles. The number of hydrogen-bond acceptors (Lipinski definition) is 6. The van der Waals surface area contributed by atoms with Crippen molar-refractivity contribution in [2.24, 2.45) is 0 Å². The third kappa shape index (κ3) is 3.84. The molecule has 1 fully saturated rings. The molecule has 6 nitrogen and oxygen atoms in total. The predicted octanol–water partition coefficient (Wildman–Crippen LogP) is 1.94. The summed E-state index contributed by atoms with van der Waals surface area (Å²) in [6.45, 7) is 4.82. The fourth-order valence-corrected chi connectivity index (χ4v) is 2.26. The summed E-state index contributed by atoms with van der Waals surface area (Å²) >= 11 is 0. The van der Waals surface area contributed by atoms with Crippen LogP contribution in [0.3, 0.4) is 0 Å². The van der Waals surface area contributed by atoms with Crippen molar-refractivity contribution >= 4 is 11.9 Å². The van der Waals surface area contributed by atoms with Gasteiger partial charge in [-0.3, -0.25) is 9.59 Å². The van der Waals surface area contributed by atoms with Gasteiger partial charge in [-0.1, -0.05) is 18.2 Å². The van der Waals surface area contributed by atoms with Crippen molar-refractivity contribution in [2.45, 2.75) is 26.1 Å². The second-order valence-corrected chi connectivity index (χ2v) is 4.68. The Kier molecular flexibility index (Phi) is 5.91. The van der Waals surface area contributed by atoms with Crippen molar-refractivity contribution in [3.05, 3.63) is 35.4 Å². The lowest BCUT2D eigenvalue weighted by Gasteiger charge is -2.16. The Morgan fingerprint density at radius 1 is 1.14 bits per heavy atom. The van der Waals surface area contributed by atoms with Crippen LogP contribution in [0.5, 0.6) is 0 Å². The fourth-order valence-electron chi connectivity index (χ4n) is 2.26. The quantitative estimate of drug-likeness (QED) is 0.591. The van der Waals surface area contributed by atoms with Crippen LogP contribution in [0.25, 0.3) is 0 Å². The smallest absolute Gasteiger partial charge is 0.324 e. The predicted molar refractivity (Wildman–Crippen MR) is 77.1 cm³/mol.